The van der Waals surface area contributed by atoms with Crippen molar-refractivity contribution in [3.05, 3.63) is 35.4 Å². The van der Waals surface area contributed by atoms with Gasteiger partial charge in [-0.15, -0.1) is 0 Å². The first-order valence-corrected chi connectivity index (χ1v) is 6.20. The van der Waals surface area contributed by atoms with Gasteiger partial charge in [0.25, 0.3) is 0 Å². The van der Waals surface area contributed by atoms with Gasteiger partial charge >= 0.3 is 0 Å². The fourth-order valence-electron chi connectivity index (χ4n) is 1.59. The molecule has 1 aromatic carbocycles. The number of nitrogens with zero attached hydrogens (tertiary/aromatic N) is 2. The lowest BCUT2D eigenvalue weighted by atomic mass is 10.2. The first-order valence-electron chi connectivity index (χ1n) is 5.82. The maximum atomic E-state index is 5.96. The molecule has 19 heavy (non-hydrogen) atoms. The molecule has 0 atom stereocenters. The summed E-state index contributed by atoms with van der Waals surface area (Å²) in [5, 5.41) is 3.76. The van der Waals surface area contributed by atoms with Crippen molar-refractivity contribution in [2.45, 2.75) is 0 Å². The number of hydrogen-bond acceptors (Lipinski definition) is 5. The van der Waals surface area contributed by atoms with E-state index < -0.39 is 0 Å². The van der Waals surface area contributed by atoms with Gasteiger partial charge < -0.3 is 15.8 Å². The molecule has 2 rings (SSSR count). The first-order chi connectivity index (χ1) is 9.19. The number of hydrogen-bond donors (Lipinski definition) is 2. The minimum absolute atomic E-state index is 0.407. The van der Waals surface area contributed by atoms with Gasteiger partial charge in [-0.05, 0) is 12.1 Å². The van der Waals surface area contributed by atoms with Gasteiger partial charge in [0.2, 0.25) is 0 Å². The smallest absolute Gasteiger partial charge is 0.163 e. The van der Waals surface area contributed by atoms with Crippen molar-refractivity contribution in [2.24, 2.45) is 0 Å². The highest BCUT2D eigenvalue weighted by Gasteiger charge is 2.05. The van der Waals surface area contributed by atoms with Crippen molar-refractivity contribution in [3.63, 3.8) is 0 Å². The van der Waals surface area contributed by atoms with Crippen molar-refractivity contribution < 1.29 is 4.74 Å². The molecule has 1 heterocycles. The lowest BCUT2D eigenvalue weighted by molar-refractivity contribution is 0.210. The Labute approximate surface area is 116 Å². The molecule has 1 aromatic heterocycles. The Morgan fingerprint density at radius 1 is 1.32 bits per heavy atom. The van der Waals surface area contributed by atoms with E-state index in [4.69, 9.17) is 22.1 Å². The van der Waals surface area contributed by atoms with Crippen LogP contribution in [0.1, 0.15) is 0 Å². The summed E-state index contributed by atoms with van der Waals surface area (Å²) >= 11 is 5.96. The van der Waals surface area contributed by atoms with Crippen molar-refractivity contribution in [1.82, 2.24) is 9.97 Å². The number of aromatic nitrogens is 2. The topological polar surface area (TPSA) is 73.1 Å². The van der Waals surface area contributed by atoms with Gasteiger partial charge in [-0.2, -0.15) is 0 Å². The van der Waals surface area contributed by atoms with Crippen molar-refractivity contribution in [3.8, 4) is 11.4 Å². The third-order valence-electron chi connectivity index (χ3n) is 2.44. The highest BCUT2D eigenvalue weighted by molar-refractivity contribution is 6.30. The highest BCUT2D eigenvalue weighted by atomic mass is 35.5. The van der Waals surface area contributed by atoms with Crippen LogP contribution in [0, 0.1) is 0 Å². The molecule has 2 aromatic rings. The van der Waals surface area contributed by atoms with Gasteiger partial charge in [0.15, 0.2) is 5.82 Å². The van der Waals surface area contributed by atoms with Crippen LogP contribution in [0.5, 0.6) is 0 Å². The molecule has 0 saturated heterocycles. The fourth-order valence-corrected chi connectivity index (χ4v) is 1.78. The van der Waals surface area contributed by atoms with Gasteiger partial charge in [0.1, 0.15) is 11.6 Å². The van der Waals surface area contributed by atoms with E-state index in [0.717, 1.165) is 5.56 Å². The van der Waals surface area contributed by atoms with Crippen molar-refractivity contribution in [1.29, 1.82) is 0 Å². The van der Waals surface area contributed by atoms with Crippen LogP contribution < -0.4 is 11.1 Å². The Balaban J connectivity index is 2.26. The minimum atomic E-state index is 0.407. The molecule has 0 radical (unpaired) electrons. The lowest BCUT2D eigenvalue weighted by Crippen LogP contribution is -2.10. The zero-order valence-electron chi connectivity index (χ0n) is 10.6. The van der Waals surface area contributed by atoms with Crippen molar-refractivity contribution >= 4 is 23.2 Å². The molecule has 0 aliphatic carbocycles. The number of anilines is 2. The lowest BCUT2D eigenvalue weighted by Gasteiger charge is -2.08. The van der Waals surface area contributed by atoms with E-state index in [1.54, 1.807) is 25.3 Å². The standard InChI is InChI=1S/C13H15ClN4O/c1-19-6-5-16-12-8-11(15)17-13(18-12)9-3-2-4-10(14)7-9/h2-4,7-8H,5-6H2,1H3,(H3,15,16,17,18). The van der Waals surface area contributed by atoms with E-state index in [1.165, 1.54) is 0 Å². The third-order valence-corrected chi connectivity index (χ3v) is 2.68. The minimum Gasteiger partial charge on any atom is -0.384 e. The summed E-state index contributed by atoms with van der Waals surface area (Å²) in [6.45, 7) is 1.25. The van der Waals surface area contributed by atoms with E-state index in [1.807, 2.05) is 12.1 Å². The van der Waals surface area contributed by atoms with Gasteiger partial charge in [-0.3, -0.25) is 0 Å². The molecule has 0 aliphatic heterocycles. The molecular formula is C13H15ClN4O. The SMILES string of the molecule is COCCNc1cc(N)nc(-c2cccc(Cl)c2)n1. The molecule has 0 spiro atoms. The second kappa shape index (κ2) is 6.36. The number of halogens is 1. The largest absolute Gasteiger partial charge is 0.384 e. The van der Waals surface area contributed by atoms with E-state index >= 15 is 0 Å². The van der Waals surface area contributed by atoms with E-state index in [0.29, 0.717) is 35.6 Å². The Hall–Kier alpha value is -1.85. The summed E-state index contributed by atoms with van der Waals surface area (Å²) in [6.07, 6.45) is 0. The summed E-state index contributed by atoms with van der Waals surface area (Å²) in [5.41, 5.74) is 6.61. The summed E-state index contributed by atoms with van der Waals surface area (Å²) in [7, 11) is 1.65. The Kier molecular flexibility index (Phi) is 4.54. The van der Waals surface area contributed by atoms with Crippen LogP contribution in [0.25, 0.3) is 11.4 Å². The zero-order valence-corrected chi connectivity index (χ0v) is 11.3. The van der Waals surface area contributed by atoms with Gasteiger partial charge in [0, 0.05) is 30.3 Å². The molecule has 0 bridgehead atoms. The number of methoxy groups -OCH3 is 1. The zero-order chi connectivity index (χ0) is 13.7. The number of rotatable bonds is 5. The molecule has 0 unspecified atom stereocenters. The number of nitrogen functional groups attached to an aromatic ring is 1. The summed E-state index contributed by atoms with van der Waals surface area (Å²) in [6, 6.07) is 9.02. The Bertz CT molecular complexity index is 562. The van der Waals surface area contributed by atoms with Crippen LogP contribution in [-0.2, 0) is 4.74 Å². The first kappa shape index (κ1) is 13.6. The number of benzene rings is 1. The van der Waals surface area contributed by atoms with Crippen LogP contribution in [0.15, 0.2) is 30.3 Å². The molecule has 100 valence electrons. The number of ether oxygens (including phenoxy) is 1. The monoisotopic (exact) mass is 278 g/mol. The van der Waals surface area contributed by atoms with Gasteiger partial charge in [0.05, 0.1) is 6.61 Å². The maximum absolute atomic E-state index is 5.96. The Morgan fingerprint density at radius 3 is 2.89 bits per heavy atom. The molecule has 0 amide bonds. The molecule has 5 nitrogen and oxygen atoms in total. The predicted molar refractivity (Wildman–Crippen MR) is 77.3 cm³/mol. The predicted octanol–water partition coefficient (Wildman–Crippen LogP) is 2.44. The molecule has 6 heteroatoms. The van der Waals surface area contributed by atoms with E-state index in [2.05, 4.69) is 15.3 Å². The highest BCUT2D eigenvalue weighted by Crippen LogP contribution is 2.21. The van der Waals surface area contributed by atoms with Crippen LogP contribution in [0.3, 0.4) is 0 Å². The van der Waals surface area contributed by atoms with Crippen LogP contribution in [0.4, 0.5) is 11.6 Å². The Morgan fingerprint density at radius 2 is 2.16 bits per heavy atom. The normalized spacial score (nSPS) is 10.4. The van der Waals surface area contributed by atoms with Crippen LogP contribution >= 0.6 is 11.6 Å². The summed E-state index contributed by atoms with van der Waals surface area (Å²) < 4.78 is 4.97. The maximum Gasteiger partial charge on any atom is 0.163 e. The molecule has 0 fully saturated rings. The average molecular weight is 279 g/mol. The van der Waals surface area contributed by atoms with Crippen molar-refractivity contribution in [2.75, 3.05) is 31.3 Å². The van der Waals surface area contributed by atoms with Crippen LogP contribution in [0.2, 0.25) is 5.02 Å². The molecule has 3 N–H and O–H groups in total. The fraction of sp³-hybridized carbons (Fsp3) is 0.231. The quantitative estimate of drug-likeness (QED) is 0.822. The number of nitrogens with two attached hydrogens (primary N) is 1. The van der Waals surface area contributed by atoms with Crippen LogP contribution in [-0.4, -0.2) is 30.2 Å². The molecular weight excluding hydrogens is 264 g/mol. The molecule has 0 saturated carbocycles. The van der Waals surface area contributed by atoms with Gasteiger partial charge in [-0.1, -0.05) is 23.7 Å². The molecule has 0 aliphatic rings. The second-order valence-electron chi connectivity index (χ2n) is 3.93. The summed E-state index contributed by atoms with van der Waals surface area (Å²) in [5.74, 6) is 1.62. The van der Waals surface area contributed by atoms with E-state index in [9.17, 15) is 0 Å². The number of nitrogens with one attached hydrogen (secondary N) is 1. The average Bonchev–Trinajstić information content (AvgIpc) is 2.38. The third kappa shape index (κ3) is 3.81. The summed E-state index contributed by atoms with van der Waals surface area (Å²) in [4.78, 5) is 8.61. The second-order valence-corrected chi connectivity index (χ2v) is 4.37. The van der Waals surface area contributed by atoms with E-state index in [-0.39, 0.29) is 0 Å². The van der Waals surface area contributed by atoms with Gasteiger partial charge in [-0.25, -0.2) is 9.97 Å².